The summed E-state index contributed by atoms with van der Waals surface area (Å²) in [5, 5.41) is 0. The summed E-state index contributed by atoms with van der Waals surface area (Å²) in [5.74, 6) is 0.964. The van der Waals surface area contributed by atoms with Crippen LogP contribution in [0.4, 0.5) is 5.69 Å². The number of benzene rings is 3. The van der Waals surface area contributed by atoms with E-state index in [-0.39, 0.29) is 11.7 Å². The van der Waals surface area contributed by atoms with Crippen LogP contribution in [0, 0.1) is 6.92 Å². The fourth-order valence-electron chi connectivity index (χ4n) is 4.02. The third-order valence-electron chi connectivity index (χ3n) is 5.56. The van der Waals surface area contributed by atoms with Gasteiger partial charge in [0, 0.05) is 23.4 Å². The van der Waals surface area contributed by atoms with Gasteiger partial charge in [0.05, 0.1) is 19.5 Å². The van der Waals surface area contributed by atoms with Gasteiger partial charge in [-0.25, -0.2) is 8.42 Å². The Morgan fingerprint density at radius 1 is 0.969 bits per heavy atom. The van der Waals surface area contributed by atoms with E-state index in [9.17, 15) is 8.42 Å². The maximum absolute atomic E-state index is 12.3. The number of nitrogens with two attached hydrogens (primary N) is 1. The number of methoxy groups -OCH3 is 1. The third-order valence-corrected chi connectivity index (χ3v) is 6.57. The zero-order valence-electron chi connectivity index (χ0n) is 19.1. The van der Waals surface area contributed by atoms with Gasteiger partial charge in [-0.2, -0.15) is 0 Å². The molecule has 0 bridgehead atoms. The highest BCUT2D eigenvalue weighted by Crippen LogP contribution is 2.36. The predicted octanol–water partition coefficient (Wildman–Crippen LogP) is 5.02. The molecule has 0 aliphatic heterocycles. The first-order chi connectivity index (χ1) is 15.2. The van der Waals surface area contributed by atoms with Crippen molar-refractivity contribution < 1.29 is 17.9 Å². The van der Waals surface area contributed by atoms with Crippen molar-refractivity contribution in [2.45, 2.75) is 26.2 Å². The first kappa shape index (κ1) is 23.7. The predicted molar refractivity (Wildman–Crippen MR) is 131 cm³/mol. The molecule has 3 rings (SSSR count). The van der Waals surface area contributed by atoms with Crippen molar-refractivity contribution in [1.29, 1.82) is 0 Å². The summed E-state index contributed by atoms with van der Waals surface area (Å²) in [5.41, 5.74) is 12.3. The summed E-state index contributed by atoms with van der Waals surface area (Å²) in [7, 11) is -1.64. The summed E-state index contributed by atoms with van der Waals surface area (Å²) in [6.07, 6.45) is 1.76. The fourth-order valence-corrected chi connectivity index (χ4v) is 5.06. The highest BCUT2D eigenvalue weighted by atomic mass is 32.2. The van der Waals surface area contributed by atoms with Crippen LogP contribution in [-0.2, 0) is 16.3 Å². The molecule has 2 N–H and O–H groups in total. The molecule has 0 aliphatic rings. The van der Waals surface area contributed by atoms with Crippen molar-refractivity contribution in [2.24, 2.45) is 0 Å². The summed E-state index contributed by atoms with van der Waals surface area (Å²) in [4.78, 5) is 0. The lowest BCUT2D eigenvalue weighted by molar-refractivity contribution is 0.310. The molecule has 0 saturated carbocycles. The molecule has 0 aromatic heterocycles. The maximum Gasteiger partial charge on any atom is 0.161 e. The minimum absolute atomic E-state index is 0.0128. The van der Waals surface area contributed by atoms with Gasteiger partial charge < -0.3 is 15.2 Å². The van der Waals surface area contributed by atoms with Gasteiger partial charge in [-0.15, -0.1) is 0 Å². The smallest absolute Gasteiger partial charge is 0.161 e. The van der Waals surface area contributed by atoms with Gasteiger partial charge >= 0.3 is 0 Å². The van der Waals surface area contributed by atoms with Gasteiger partial charge in [-0.1, -0.05) is 48.5 Å². The van der Waals surface area contributed by atoms with Crippen LogP contribution in [-0.4, -0.2) is 34.1 Å². The average Bonchev–Trinajstić information content (AvgIpc) is 2.74. The third kappa shape index (κ3) is 5.62. The van der Waals surface area contributed by atoms with Crippen molar-refractivity contribution in [3.63, 3.8) is 0 Å². The van der Waals surface area contributed by atoms with Crippen molar-refractivity contribution in [1.82, 2.24) is 0 Å². The monoisotopic (exact) mass is 453 g/mol. The van der Waals surface area contributed by atoms with Crippen molar-refractivity contribution in [2.75, 3.05) is 31.5 Å². The molecule has 0 saturated heterocycles. The fraction of sp³-hybridized carbons (Fsp3) is 0.308. The second kappa shape index (κ2) is 10.1. The van der Waals surface area contributed by atoms with Crippen LogP contribution in [0.3, 0.4) is 0 Å². The number of sulfone groups is 1. The molecule has 0 amide bonds. The van der Waals surface area contributed by atoms with Crippen molar-refractivity contribution >= 4 is 15.5 Å². The number of hydrogen-bond donors (Lipinski definition) is 1. The van der Waals surface area contributed by atoms with Crippen LogP contribution in [0.2, 0.25) is 0 Å². The van der Waals surface area contributed by atoms with E-state index in [1.807, 2.05) is 55.5 Å². The van der Waals surface area contributed by atoms with E-state index in [4.69, 9.17) is 15.2 Å². The Bertz CT molecular complexity index is 1190. The Kier molecular flexibility index (Phi) is 7.46. The minimum atomic E-state index is -3.23. The second-order valence-electron chi connectivity index (χ2n) is 8.03. The number of aryl methyl sites for hydroxylation is 1. The zero-order chi connectivity index (χ0) is 23.3. The Hall–Kier alpha value is -2.99. The van der Waals surface area contributed by atoms with Crippen LogP contribution in [0.15, 0.2) is 60.7 Å². The average molecular weight is 454 g/mol. The molecular formula is C26H31NO4S. The first-order valence-electron chi connectivity index (χ1n) is 10.6. The molecule has 0 spiro atoms. The SMILES string of the molecule is CCOc1cc([C@H](Cc2cccc(-c3ccccc3C)c2N)CS(C)(=O)=O)ccc1OC. The van der Waals surface area contributed by atoms with E-state index in [0.29, 0.717) is 30.2 Å². The maximum atomic E-state index is 12.3. The molecule has 5 nitrogen and oxygen atoms in total. The Morgan fingerprint density at radius 2 is 1.69 bits per heavy atom. The van der Waals surface area contributed by atoms with E-state index in [2.05, 4.69) is 19.1 Å². The Morgan fingerprint density at radius 3 is 2.34 bits per heavy atom. The molecule has 0 aliphatic carbocycles. The number of nitrogen functional groups attached to an aromatic ring is 1. The molecule has 170 valence electrons. The van der Waals surface area contributed by atoms with Gasteiger partial charge in [-0.3, -0.25) is 0 Å². The molecular weight excluding hydrogens is 422 g/mol. The van der Waals surface area contributed by atoms with Crippen LogP contribution in [0.25, 0.3) is 11.1 Å². The van der Waals surface area contributed by atoms with Crippen LogP contribution >= 0.6 is 0 Å². The van der Waals surface area contributed by atoms with Gasteiger partial charge in [0.1, 0.15) is 9.84 Å². The zero-order valence-corrected chi connectivity index (χ0v) is 19.9. The standard InChI is InChI=1S/C26H31NO4S/c1-5-31-25-16-19(13-14-24(25)30-3)21(17-32(4,28)29)15-20-10-8-12-23(26(20)27)22-11-7-6-9-18(22)2/h6-14,16,21H,5,15,17,27H2,1-4H3/t21-/m1/s1. The number of para-hydroxylation sites is 1. The van der Waals surface area contributed by atoms with Gasteiger partial charge in [0.15, 0.2) is 11.5 Å². The lowest BCUT2D eigenvalue weighted by Crippen LogP contribution is -2.17. The van der Waals surface area contributed by atoms with Crippen LogP contribution in [0.5, 0.6) is 11.5 Å². The van der Waals surface area contributed by atoms with Gasteiger partial charge in [-0.05, 0) is 54.7 Å². The summed E-state index contributed by atoms with van der Waals surface area (Å²) >= 11 is 0. The highest BCUT2D eigenvalue weighted by molar-refractivity contribution is 7.90. The summed E-state index contributed by atoms with van der Waals surface area (Å²) in [6, 6.07) is 19.7. The molecule has 32 heavy (non-hydrogen) atoms. The minimum Gasteiger partial charge on any atom is -0.493 e. The molecule has 0 fully saturated rings. The largest absolute Gasteiger partial charge is 0.493 e. The number of ether oxygens (including phenoxy) is 2. The Labute approximate surface area is 191 Å². The highest BCUT2D eigenvalue weighted by Gasteiger charge is 2.22. The molecule has 6 heteroatoms. The molecule has 0 heterocycles. The normalized spacial score (nSPS) is 12.4. The molecule has 0 unspecified atom stereocenters. The van der Waals surface area contributed by atoms with E-state index < -0.39 is 9.84 Å². The number of hydrogen-bond acceptors (Lipinski definition) is 5. The summed E-state index contributed by atoms with van der Waals surface area (Å²) < 4.78 is 35.6. The summed E-state index contributed by atoms with van der Waals surface area (Å²) in [6.45, 7) is 4.44. The quantitative estimate of drug-likeness (QED) is 0.460. The second-order valence-corrected chi connectivity index (χ2v) is 10.2. The number of anilines is 1. The van der Waals surface area contributed by atoms with E-state index in [1.54, 1.807) is 7.11 Å². The van der Waals surface area contributed by atoms with Crippen molar-refractivity contribution in [3.8, 4) is 22.6 Å². The molecule has 3 aromatic carbocycles. The molecule has 3 aromatic rings. The van der Waals surface area contributed by atoms with Crippen LogP contribution in [0.1, 0.15) is 29.5 Å². The Balaban J connectivity index is 2.03. The molecule has 0 radical (unpaired) electrons. The van der Waals surface area contributed by atoms with Crippen molar-refractivity contribution in [3.05, 3.63) is 77.4 Å². The number of rotatable bonds is 9. The molecule has 1 atom stereocenters. The van der Waals surface area contributed by atoms with Crippen LogP contribution < -0.4 is 15.2 Å². The van der Waals surface area contributed by atoms with E-state index >= 15 is 0 Å². The topological polar surface area (TPSA) is 78.6 Å². The van der Waals surface area contributed by atoms with Gasteiger partial charge in [0.25, 0.3) is 0 Å². The first-order valence-corrected chi connectivity index (χ1v) is 12.7. The lowest BCUT2D eigenvalue weighted by Gasteiger charge is -2.21. The van der Waals surface area contributed by atoms with E-state index in [0.717, 1.165) is 27.8 Å². The van der Waals surface area contributed by atoms with Gasteiger partial charge in [0.2, 0.25) is 0 Å². The van der Waals surface area contributed by atoms with E-state index in [1.165, 1.54) is 6.26 Å². The lowest BCUT2D eigenvalue weighted by atomic mass is 9.89.